The standard InChI is InChI=1S/C14H8O5/c15-8-1-3-9(4-2-8)18-10-5-6-11-12(7-10)14(17)19-13(11)16/h1-7,15H. The number of phenolic OH excluding ortho intramolecular Hbond substituents is 1. The Morgan fingerprint density at radius 1 is 0.842 bits per heavy atom. The lowest BCUT2D eigenvalue weighted by Gasteiger charge is -2.06. The number of carbonyl (C=O) groups excluding carboxylic acids is 2. The number of aromatic hydroxyl groups is 1. The first-order valence-electron chi connectivity index (χ1n) is 5.51. The lowest BCUT2D eigenvalue weighted by atomic mass is 10.1. The Balaban J connectivity index is 1.91. The molecule has 0 spiro atoms. The molecular weight excluding hydrogens is 248 g/mol. The molecule has 0 bridgehead atoms. The minimum absolute atomic E-state index is 0.135. The number of esters is 2. The number of benzene rings is 2. The van der Waals surface area contributed by atoms with E-state index in [1.165, 1.54) is 24.3 Å². The van der Waals surface area contributed by atoms with Gasteiger partial charge in [-0.1, -0.05) is 0 Å². The summed E-state index contributed by atoms with van der Waals surface area (Å²) < 4.78 is 10.00. The van der Waals surface area contributed by atoms with Gasteiger partial charge in [0, 0.05) is 0 Å². The van der Waals surface area contributed by atoms with Crippen molar-refractivity contribution in [2.75, 3.05) is 0 Å². The number of rotatable bonds is 2. The molecule has 0 aliphatic carbocycles. The highest BCUT2D eigenvalue weighted by Gasteiger charge is 2.29. The second-order valence-corrected chi connectivity index (χ2v) is 3.98. The van der Waals surface area contributed by atoms with Crippen LogP contribution in [0.25, 0.3) is 0 Å². The van der Waals surface area contributed by atoms with E-state index in [1.54, 1.807) is 18.2 Å². The minimum atomic E-state index is -0.670. The molecule has 1 N–H and O–H groups in total. The zero-order chi connectivity index (χ0) is 13.4. The summed E-state index contributed by atoms with van der Waals surface area (Å²) in [6.07, 6.45) is 0. The Kier molecular flexibility index (Phi) is 2.45. The third-order valence-corrected chi connectivity index (χ3v) is 2.69. The Bertz CT molecular complexity index is 673. The molecule has 5 nitrogen and oxygen atoms in total. The van der Waals surface area contributed by atoms with Gasteiger partial charge in [-0.2, -0.15) is 0 Å². The van der Waals surface area contributed by atoms with Crippen LogP contribution in [0, 0.1) is 0 Å². The molecular formula is C14H8O5. The molecule has 1 aliphatic rings. The van der Waals surface area contributed by atoms with E-state index in [-0.39, 0.29) is 16.9 Å². The molecule has 0 atom stereocenters. The van der Waals surface area contributed by atoms with Gasteiger partial charge in [-0.25, -0.2) is 9.59 Å². The van der Waals surface area contributed by atoms with E-state index in [0.717, 1.165) is 0 Å². The molecule has 3 rings (SSSR count). The molecule has 0 amide bonds. The van der Waals surface area contributed by atoms with Gasteiger partial charge in [0.1, 0.15) is 17.2 Å². The van der Waals surface area contributed by atoms with Crippen molar-refractivity contribution in [3.05, 3.63) is 53.6 Å². The predicted octanol–water partition coefficient (Wildman–Crippen LogP) is 2.50. The first kappa shape index (κ1) is 11.3. The van der Waals surface area contributed by atoms with Crippen LogP contribution >= 0.6 is 0 Å². The van der Waals surface area contributed by atoms with Crippen molar-refractivity contribution in [3.8, 4) is 17.2 Å². The molecule has 0 radical (unpaired) electrons. The second kappa shape index (κ2) is 4.13. The summed E-state index contributed by atoms with van der Waals surface area (Å²) >= 11 is 0. The average Bonchev–Trinajstić information content (AvgIpc) is 2.68. The van der Waals surface area contributed by atoms with Gasteiger partial charge in [0.05, 0.1) is 11.1 Å². The van der Waals surface area contributed by atoms with Gasteiger partial charge < -0.3 is 14.6 Å². The zero-order valence-electron chi connectivity index (χ0n) is 9.62. The van der Waals surface area contributed by atoms with Crippen molar-refractivity contribution in [3.63, 3.8) is 0 Å². The van der Waals surface area contributed by atoms with E-state index in [9.17, 15) is 9.59 Å². The van der Waals surface area contributed by atoms with Crippen LogP contribution < -0.4 is 4.74 Å². The predicted molar refractivity (Wildman–Crippen MR) is 64.4 cm³/mol. The monoisotopic (exact) mass is 256 g/mol. The Morgan fingerprint density at radius 3 is 2.21 bits per heavy atom. The fourth-order valence-corrected chi connectivity index (χ4v) is 1.78. The second-order valence-electron chi connectivity index (χ2n) is 3.98. The molecule has 19 heavy (non-hydrogen) atoms. The Hall–Kier alpha value is -2.82. The number of hydrogen-bond donors (Lipinski definition) is 1. The van der Waals surface area contributed by atoms with Crippen LogP contribution in [0.4, 0.5) is 0 Å². The summed E-state index contributed by atoms with van der Waals surface area (Å²) in [6, 6.07) is 10.7. The van der Waals surface area contributed by atoms with Crippen molar-refractivity contribution in [1.82, 2.24) is 0 Å². The van der Waals surface area contributed by atoms with E-state index < -0.39 is 11.9 Å². The summed E-state index contributed by atoms with van der Waals surface area (Å²) in [4.78, 5) is 22.7. The molecule has 0 saturated carbocycles. The maximum absolute atomic E-state index is 11.4. The number of phenols is 1. The quantitative estimate of drug-likeness (QED) is 0.660. The molecule has 2 aromatic rings. The normalized spacial score (nSPS) is 13.1. The average molecular weight is 256 g/mol. The number of hydrogen-bond acceptors (Lipinski definition) is 5. The number of carbonyl (C=O) groups is 2. The third-order valence-electron chi connectivity index (χ3n) is 2.69. The molecule has 0 saturated heterocycles. The van der Waals surface area contributed by atoms with Crippen LogP contribution in [0.3, 0.4) is 0 Å². The summed E-state index contributed by atoms with van der Waals surface area (Å²) in [5, 5.41) is 9.16. The van der Waals surface area contributed by atoms with Gasteiger partial charge in [0.15, 0.2) is 0 Å². The van der Waals surface area contributed by atoms with Crippen LogP contribution in [0.5, 0.6) is 17.2 Å². The summed E-state index contributed by atoms with van der Waals surface area (Å²) in [5.41, 5.74) is 0.435. The van der Waals surface area contributed by atoms with Gasteiger partial charge in [-0.15, -0.1) is 0 Å². The maximum atomic E-state index is 11.4. The first-order valence-corrected chi connectivity index (χ1v) is 5.51. The van der Waals surface area contributed by atoms with E-state index in [1.807, 2.05) is 0 Å². The van der Waals surface area contributed by atoms with E-state index in [2.05, 4.69) is 4.74 Å². The summed E-state index contributed by atoms with van der Waals surface area (Å²) in [7, 11) is 0. The van der Waals surface area contributed by atoms with Gasteiger partial charge in [0.2, 0.25) is 0 Å². The SMILES string of the molecule is O=C1OC(=O)c2cc(Oc3ccc(O)cc3)ccc21. The summed E-state index contributed by atoms with van der Waals surface area (Å²) in [5.74, 6) is -0.255. The fraction of sp³-hybridized carbons (Fsp3) is 0. The van der Waals surface area contributed by atoms with E-state index >= 15 is 0 Å². The molecule has 2 aromatic carbocycles. The summed E-state index contributed by atoms with van der Waals surface area (Å²) in [6.45, 7) is 0. The van der Waals surface area contributed by atoms with Crippen molar-refractivity contribution in [1.29, 1.82) is 0 Å². The highest BCUT2D eigenvalue weighted by Crippen LogP contribution is 2.28. The van der Waals surface area contributed by atoms with Crippen LogP contribution in [0.2, 0.25) is 0 Å². The highest BCUT2D eigenvalue weighted by atomic mass is 16.6. The Morgan fingerprint density at radius 2 is 1.47 bits per heavy atom. The fourth-order valence-electron chi connectivity index (χ4n) is 1.78. The van der Waals surface area contributed by atoms with Crippen LogP contribution in [0.1, 0.15) is 20.7 Å². The van der Waals surface area contributed by atoms with Gasteiger partial charge in [-0.05, 0) is 42.5 Å². The number of cyclic esters (lactones) is 2. The molecule has 0 aromatic heterocycles. The minimum Gasteiger partial charge on any atom is -0.508 e. The number of fused-ring (bicyclic) bond motifs is 1. The maximum Gasteiger partial charge on any atom is 0.347 e. The van der Waals surface area contributed by atoms with Gasteiger partial charge >= 0.3 is 11.9 Å². The van der Waals surface area contributed by atoms with Crippen molar-refractivity contribution >= 4 is 11.9 Å². The van der Waals surface area contributed by atoms with Crippen LogP contribution in [0.15, 0.2) is 42.5 Å². The molecule has 94 valence electrons. The molecule has 1 aliphatic heterocycles. The first-order chi connectivity index (χ1) is 9.13. The van der Waals surface area contributed by atoms with Crippen LogP contribution in [-0.2, 0) is 4.74 Å². The highest BCUT2D eigenvalue weighted by molar-refractivity contribution is 6.14. The third kappa shape index (κ3) is 2.01. The molecule has 5 heteroatoms. The largest absolute Gasteiger partial charge is 0.508 e. The Labute approximate surface area is 108 Å². The lowest BCUT2D eigenvalue weighted by Crippen LogP contribution is -1.96. The van der Waals surface area contributed by atoms with Gasteiger partial charge in [-0.3, -0.25) is 0 Å². The topological polar surface area (TPSA) is 72.8 Å². The molecule has 0 fully saturated rings. The molecule has 0 unspecified atom stereocenters. The van der Waals surface area contributed by atoms with Crippen LogP contribution in [-0.4, -0.2) is 17.0 Å². The van der Waals surface area contributed by atoms with Crippen molar-refractivity contribution in [2.24, 2.45) is 0 Å². The number of ether oxygens (including phenoxy) is 2. The van der Waals surface area contributed by atoms with Crippen molar-refractivity contribution in [2.45, 2.75) is 0 Å². The van der Waals surface area contributed by atoms with Gasteiger partial charge in [0.25, 0.3) is 0 Å². The van der Waals surface area contributed by atoms with E-state index in [4.69, 9.17) is 9.84 Å². The smallest absolute Gasteiger partial charge is 0.347 e. The lowest BCUT2D eigenvalue weighted by molar-refractivity contribution is 0.0443. The van der Waals surface area contributed by atoms with Crippen molar-refractivity contribution < 1.29 is 24.2 Å². The zero-order valence-corrected chi connectivity index (χ0v) is 9.62. The molecule has 1 heterocycles. The van der Waals surface area contributed by atoms with E-state index in [0.29, 0.717) is 11.5 Å².